The van der Waals surface area contributed by atoms with Gasteiger partial charge in [0.2, 0.25) is 5.78 Å². The van der Waals surface area contributed by atoms with Crippen molar-refractivity contribution in [1.82, 2.24) is 0 Å². The van der Waals surface area contributed by atoms with Crippen LogP contribution in [0.15, 0.2) is 23.8 Å². The van der Waals surface area contributed by atoms with Gasteiger partial charge in [-0.1, -0.05) is 25.5 Å². The molecule has 1 saturated heterocycles. The molecular weight excluding hydrogens is 420 g/mol. The molecule has 4 fully saturated rings. The van der Waals surface area contributed by atoms with Crippen molar-refractivity contribution in [3.63, 3.8) is 0 Å². The van der Waals surface area contributed by atoms with Crippen LogP contribution in [0.1, 0.15) is 53.4 Å². The van der Waals surface area contributed by atoms with Crippen LogP contribution in [0.5, 0.6) is 0 Å². The lowest BCUT2D eigenvalue weighted by atomic mass is 9.45. The van der Waals surface area contributed by atoms with Crippen molar-refractivity contribution in [2.75, 3.05) is 0 Å². The molecule has 0 aromatic heterocycles. The smallest absolute Gasteiger partial charge is 0.230 e. The minimum Gasteiger partial charge on any atom is -0.391 e. The first kappa shape index (κ1) is 21.5. The standard InChI is InChI=1S/C24H29ClO6/c1-20(2)30-19-10-16-15-6-5-13-9-14(27)7-8-21(13,3)23(15,25)17(28)11-22(16,4)24(19,31-20)18(29)12-26/h7-9,12,15-17,19,28H,5-6,10-11H2,1-4H3/t15-,16-,17-,19+,21-,22-,23-,24+/m0/s1. The summed E-state index contributed by atoms with van der Waals surface area (Å²) in [4.78, 5) is 35.8. The summed E-state index contributed by atoms with van der Waals surface area (Å²) in [5, 5.41) is 11.6. The zero-order chi connectivity index (χ0) is 22.6. The van der Waals surface area contributed by atoms with E-state index < -0.39 is 45.1 Å². The van der Waals surface area contributed by atoms with Gasteiger partial charge in [0.15, 0.2) is 23.5 Å². The van der Waals surface area contributed by atoms with Gasteiger partial charge in [0.25, 0.3) is 0 Å². The first-order valence-corrected chi connectivity index (χ1v) is 11.4. The molecule has 0 radical (unpaired) electrons. The molecule has 168 valence electrons. The third-order valence-corrected chi connectivity index (χ3v) is 10.0. The molecule has 3 saturated carbocycles. The predicted octanol–water partition coefficient (Wildman–Crippen LogP) is 2.89. The van der Waals surface area contributed by atoms with Crippen LogP contribution in [0.3, 0.4) is 0 Å². The number of ether oxygens (including phenoxy) is 2. The van der Waals surface area contributed by atoms with E-state index in [4.69, 9.17) is 21.1 Å². The zero-order valence-corrected chi connectivity index (χ0v) is 19.1. The second-order valence-electron chi connectivity index (χ2n) is 10.8. The van der Waals surface area contributed by atoms with E-state index in [1.165, 1.54) is 6.08 Å². The number of fused-ring (bicyclic) bond motifs is 7. The van der Waals surface area contributed by atoms with Crippen molar-refractivity contribution in [1.29, 1.82) is 0 Å². The van der Waals surface area contributed by atoms with Gasteiger partial charge in [-0.2, -0.15) is 0 Å². The quantitative estimate of drug-likeness (QED) is 0.397. The molecule has 31 heavy (non-hydrogen) atoms. The molecule has 0 amide bonds. The van der Waals surface area contributed by atoms with E-state index in [0.717, 1.165) is 5.57 Å². The van der Waals surface area contributed by atoms with Gasteiger partial charge < -0.3 is 14.6 Å². The van der Waals surface area contributed by atoms with Gasteiger partial charge in [-0.25, -0.2) is 0 Å². The molecule has 1 aliphatic heterocycles. The minimum absolute atomic E-state index is 0.0590. The lowest BCUT2D eigenvalue weighted by Gasteiger charge is -2.64. The van der Waals surface area contributed by atoms with Gasteiger partial charge in [-0.3, -0.25) is 14.4 Å². The number of halogens is 1. The molecule has 8 atom stereocenters. The number of hydrogen-bond donors (Lipinski definition) is 1. The Morgan fingerprint density at radius 1 is 1.26 bits per heavy atom. The topological polar surface area (TPSA) is 89.9 Å². The highest BCUT2D eigenvalue weighted by molar-refractivity contribution is 6.30. The van der Waals surface area contributed by atoms with Gasteiger partial charge in [0.1, 0.15) is 0 Å². The largest absolute Gasteiger partial charge is 0.391 e. The Balaban J connectivity index is 1.65. The molecule has 0 unspecified atom stereocenters. The number of allylic oxidation sites excluding steroid dienone is 4. The van der Waals surface area contributed by atoms with E-state index in [0.29, 0.717) is 25.5 Å². The highest BCUT2D eigenvalue weighted by atomic mass is 35.5. The fraction of sp³-hybridized carbons (Fsp3) is 0.708. The average Bonchev–Trinajstić information content (AvgIpc) is 3.09. The predicted molar refractivity (Wildman–Crippen MR) is 112 cm³/mol. The Kier molecular flexibility index (Phi) is 4.27. The first-order chi connectivity index (χ1) is 14.4. The molecule has 0 aromatic carbocycles. The maximum atomic E-state index is 13.1. The van der Waals surface area contributed by atoms with E-state index in [9.17, 15) is 19.5 Å². The number of aliphatic hydroxyl groups excluding tert-OH is 1. The van der Waals surface area contributed by atoms with Gasteiger partial charge in [-0.15, -0.1) is 11.6 Å². The molecule has 1 heterocycles. The summed E-state index contributed by atoms with van der Waals surface area (Å²) in [5.41, 5.74) is -1.97. The summed E-state index contributed by atoms with van der Waals surface area (Å²) >= 11 is 7.40. The number of rotatable bonds is 2. The van der Waals surface area contributed by atoms with Crippen LogP contribution in [0.25, 0.3) is 0 Å². The van der Waals surface area contributed by atoms with Crippen LogP contribution in [-0.2, 0) is 23.9 Å². The van der Waals surface area contributed by atoms with E-state index in [-0.39, 0.29) is 24.0 Å². The van der Waals surface area contributed by atoms with Crippen LogP contribution in [0.4, 0.5) is 0 Å². The molecule has 4 aliphatic carbocycles. The Morgan fingerprint density at radius 3 is 2.65 bits per heavy atom. The zero-order valence-electron chi connectivity index (χ0n) is 18.3. The molecule has 1 N–H and O–H groups in total. The maximum Gasteiger partial charge on any atom is 0.230 e. The Hall–Kier alpha value is -1.34. The number of alkyl halides is 1. The number of carbonyl (C=O) groups is 3. The molecular formula is C24H29ClO6. The fourth-order valence-corrected chi connectivity index (χ4v) is 8.35. The number of ketones is 2. The second kappa shape index (κ2) is 6.16. The van der Waals surface area contributed by atoms with Crippen LogP contribution < -0.4 is 0 Å². The number of Topliss-reactive ketones (excluding diaryl/α,β-unsaturated/α-hetero) is 1. The fourth-order valence-electron chi connectivity index (χ4n) is 7.83. The number of carbonyl (C=O) groups excluding carboxylic acids is 3. The summed E-state index contributed by atoms with van der Waals surface area (Å²) in [6.07, 6.45) is 5.93. The van der Waals surface area contributed by atoms with Gasteiger partial charge in [0, 0.05) is 10.8 Å². The third kappa shape index (κ3) is 2.32. The van der Waals surface area contributed by atoms with E-state index in [1.54, 1.807) is 19.9 Å². The van der Waals surface area contributed by atoms with Crippen molar-refractivity contribution in [3.05, 3.63) is 23.8 Å². The van der Waals surface area contributed by atoms with Crippen LogP contribution in [0, 0.1) is 22.7 Å². The van der Waals surface area contributed by atoms with Crippen molar-refractivity contribution in [2.24, 2.45) is 22.7 Å². The van der Waals surface area contributed by atoms with Gasteiger partial charge >= 0.3 is 0 Å². The highest BCUT2D eigenvalue weighted by Gasteiger charge is 2.79. The Bertz CT molecular complexity index is 954. The molecule has 0 bridgehead atoms. The molecule has 0 aromatic rings. The number of aliphatic hydroxyl groups is 1. The monoisotopic (exact) mass is 448 g/mol. The van der Waals surface area contributed by atoms with E-state index in [1.807, 2.05) is 19.9 Å². The van der Waals surface area contributed by atoms with Crippen molar-refractivity contribution in [2.45, 2.75) is 81.8 Å². The normalized spacial score (nSPS) is 51.9. The van der Waals surface area contributed by atoms with Crippen LogP contribution >= 0.6 is 11.6 Å². The molecule has 6 nitrogen and oxygen atoms in total. The van der Waals surface area contributed by atoms with Crippen LogP contribution in [-0.4, -0.2) is 51.4 Å². The summed E-state index contributed by atoms with van der Waals surface area (Å²) in [7, 11) is 0. The third-order valence-electron chi connectivity index (χ3n) is 9.11. The lowest BCUT2D eigenvalue weighted by Crippen LogP contribution is -2.69. The molecule has 5 rings (SSSR count). The van der Waals surface area contributed by atoms with Crippen molar-refractivity contribution in [3.8, 4) is 0 Å². The summed E-state index contributed by atoms with van der Waals surface area (Å²) in [6, 6.07) is 0. The summed E-state index contributed by atoms with van der Waals surface area (Å²) in [5.74, 6) is -1.91. The average molecular weight is 449 g/mol. The Labute approximate surface area is 187 Å². The van der Waals surface area contributed by atoms with E-state index in [2.05, 4.69) is 0 Å². The molecule has 7 heteroatoms. The van der Waals surface area contributed by atoms with Gasteiger partial charge in [-0.05, 0) is 63.5 Å². The summed E-state index contributed by atoms with van der Waals surface area (Å²) in [6.45, 7) is 7.43. The van der Waals surface area contributed by atoms with E-state index >= 15 is 0 Å². The number of hydrogen-bond acceptors (Lipinski definition) is 6. The molecule has 0 spiro atoms. The second-order valence-corrected chi connectivity index (χ2v) is 11.5. The first-order valence-electron chi connectivity index (χ1n) is 11.0. The Morgan fingerprint density at radius 2 is 1.97 bits per heavy atom. The maximum absolute atomic E-state index is 13.1. The highest BCUT2D eigenvalue weighted by Crippen LogP contribution is 2.72. The SMILES string of the molecule is CC1(C)O[C@@H]2C[C@H]3[C@@H]4CCC5=CC(=O)C=C[C@]5(C)[C@@]4(Cl)[C@@H](O)C[C@]3(C)[C@]2(C(=O)C=O)O1. The van der Waals surface area contributed by atoms with Crippen molar-refractivity contribution >= 4 is 29.5 Å². The van der Waals surface area contributed by atoms with Crippen LogP contribution in [0.2, 0.25) is 0 Å². The number of aldehydes is 1. The summed E-state index contributed by atoms with van der Waals surface area (Å²) < 4.78 is 12.4. The minimum atomic E-state index is -1.43. The molecule has 5 aliphatic rings. The lowest BCUT2D eigenvalue weighted by molar-refractivity contribution is -0.220. The van der Waals surface area contributed by atoms with Gasteiger partial charge in [0.05, 0.1) is 17.1 Å². The van der Waals surface area contributed by atoms with Crippen molar-refractivity contribution < 1.29 is 29.0 Å².